The van der Waals surface area contributed by atoms with Crippen molar-refractivity contribution in [3.63, 3.8) is 0 Å². The van der Waals surface area contributed by atoms with E-state index in [4.69, 9.17) is 21.1 Å². The molecule has 1 heterocycles. The highest BCUT2D eigenvalue weighted by Crippen LogP contribution is 2.40. The first kappa shape index (κ1) is 25.0. The Hall–Kier alpha value is -2.62. The fraction of sp³-hybridized carbons (Fsp3) is 0.391. The largest absolute Gasteiger partial charge is 0.490 e. The lowest BCUT2D eigenvalue weighted by Gasteiger charge is -2.30. The molecule has 0 bridgehead atoms. The Bertz CT molecular complexity index is 1150. The summed E-state index contributed by atoms with van der Waals surface area (Å²) < 4.78 is 54.7. The maximum atomic E-state index is 15.0. The number of halogens is 4. The Morgan fingerprint density at radius 3 is 2.55 bits per heavy atom. The van der Waals surface area contributed by atoms with E-state index in [9.17, 15) is 18.3 Å². The van der Waals surface area contributed by atoms with Crippen molar-refractivity contribution >= 4 is 28.3 Å². The van der Waals surface area contributed by atoms with Crippen LogP contribution in [0.3, 0.4) is 0 Å². The summed E-state index contributed by atoms with van der Waals surface area (Å²) in [5, 5.41) is 13.7. The van der Waals surface area contributed by atoms with Crippen LogP contribution < -0.4 is 10.1 Å². The molecule has 0 aliphatic heterocycles. The Morgan fingerprint density at radius 1 is 1.15 bits per heavy atom. The van der Waals surface area contributed by atoms with Crippen LogP contribution in [0.5, 0.6) is 5.75 Å². The minimum Gasteiger partial charge on any atom is -0.490 e. The minimum atomic E-state index is -3.78. The third kappa shape index (κ3) is 5.31. The topological polar surface area (TPSA) is 76.5 Å². The van der Waals surface area contributed by atoms with Gasteiger partial charge < -0.3 is 19.9 Å². The Labute approximate surface area is 194 Å². The molecule has 178 valence electrons. The van der Waals surface area contributed by atoms with E-state index < -0.39 is 22.9 Å². The average molecular weight is 484 g/mol. The number of hydrogen-bond donors (Lipinski definition) is 2. The zero-order valence-corrected chi connectivity index (χ0v) is 19.4. The molecular formula is C23H25ClF3N3O3. The molecule has 2 N–H and O–H groups in total. The fourth-order valence-corrected chi connectivity index (χ4v) is 3.41. The molecule has 6 nitrogen and oxygen atoms in total. The smallest absolute Gasteiger partial charge is 0.303 e. The van der Waals surface area contributed by atoms with Crippen molar-refractivity contribution in [3.05, 3.63) is 58.1 Å². The maximum Gasteiger partial charge on any atom is 0.303 e. The lowest BCUT2D eigenvalue weighted by molar-refractivity contribution is -0.170. The van der Waals surface area contributed by atoms with Crippen LogP contribution in [0.2, 0.25) is 5.02 Å². The second-order valence-electron chi connectivity index (χ2n) is 8.03. The van der Waals surface area contributed by atoms with Gasteiger partial charge in [-0.15, -0.1) is 0 Å². The number of aliphatic hydroxyl groups is 1. The van der Waals surface area contributed by atoms with Gasteiger partial charge >= 0.3 is 5.92 Å². The number of nitrogens with one attached hydrogen (secondary N) is 1. The molecule has 1 aromatic heterocycles. The van der Waals surface area contributed by atoms with Gasteiger partial charge in [0.2, 0.25) is 0 Å². The van der Waals surface area contributed by atoms with Crippen LogP contribution in [0.1, 0.15) is 30.8 Å². The van der Waals surface area contributed by atoms with Gasteiger partial charge in [0.1, 0.15) is 35.4 Å². The predicted octanol–water partition coefficient (Wildman–Crippen LogP) is 5.23. The number of anilines is 1. The van der Waals surface area contributed by atoms with E-state index in [1.807, 2.05) is 0 Å². The van der Waals surface area contributed by atoms with Gasteiger partial charge in [-0.2, -0.15) is 8.78 Å². The van der Waals surface area contributed by atoms with E-state index in [-0.39, 0.29) is 18.7 Å². The number of fused-ring (bicyclic) bond motifs is 1. The van der Waals surface area contributed by atoms with E-state index in [0.29, 0.717) is 39.9 Å². The Kier molecular flexibility index (Phi) is 7.36. The summed E-state index contributed by atoms with van der Waals surface area (Å²) in [6, 6.07) is 6.96. The van der Waals surface area contributed by atoms with E-state index in [1.54, 1.807) is 26.2 Å². The molecule has 0 saturated heterocycles. The molecule has 3 aromatic rings. The SMILES string of the molecule is COCCOc1cc2c(NCc3cccc(C(F)(F)C(C)(C)O)c3F)nc(C)nc2cc1Cl. The second-order valence-corrected chi connectivity index (χ2v) is 8.43. The molecule has 33 heavy (non-hydrogen) atoms. The number of methoxy groups -OCH3 is 1. The average Bonchev–Trinajstić information content (AvgIpc) is 2.72. The maximum absolute atomic E-state index is 15.0. The van der Waals surface area contributed by atoms with Crippen molar-refractivity contribution in [2.75, 3.05) is 25.6 Å². The molecule has 0 aliphatic rings. The summed E-state index contributed by atoms with van der Waals surface area (Å²) in [5.74, 6) is -3.67. The van der Waals surface area contributed by atoms with Crippen molar-refractivity contribution in [1.29, 1.82) is 0 Å². The summed E-state index contributed by atoms with van der Waals surface area (Å²) in [7, 11) is 1.55. The van der Waals surface area contributed by atoms with Crippen LogP contribution in [0.25, 0.3) is 10.9 Å². The molecule has 0 unspecified atom stereocenters. The van der Waals surface area contributed by atoms with E-state index in [1.165, 1.54) is 12.1 Å². The molecule has 0 atom stereocenters. The third-order valence-electron chi connectivity index (χ3n) is 5.04. The van der Waals surface area contributed by atoms with E-state index >= 15 is 0 Å². The summed E-state index contributed by atoms with van der Waals surface area (Å²) >= 11 is 6.29. The number of alkyl halides is 2. The van der Waals surface area contributed by atoms with Crippen molar-refractivity contribution in [2.45, 2.75) is 38.8 Å². The summed E-state index contributed by atoms with van der Waals surface area (Å²) in [6.45, 7) is 4.08. The number of nitrogens with zero attached hydrogens (tertiary/aromatic N) is 2. The molecular weight excluding hydrogens is 459 g/mol. The van der Waals surface area contributed by atoms with Crippen LogP contribution >= 0.6 is 11.6 Å². The first-order chi connectivity index (χ1) is 15.5. The first-order valence-corrected chi connectivity index (χ1v) is 10.5. The van der Waals surface area contributed by atoms with Crippen LogP contribution in [0.15, 0.2) is 30.3 Å². The highest BCUT2D eigenvalue weighted by atomic mass is 35.5. The molecule has 0 saturated carbocycles. The molecule has 0 radical (unpaired) electrons. The summed E-state index contributed by atoms with van der Waals surface area (Å²) in [6.07, 6.45) is 0. The van der Waals surface area contributed by atoms with Crippen LogP contribution in [0, 0.1) is 12.7 Å². The summed E-state index contributed by atoms with van der Waals surface area (Å²) in [5.41, 5.74) is -2.78. The van der Waals surface area contributed by atoms with Gasteiger partial charge in [-0.05, 0) is 39.0 Å². The fourth-order valence-electron chi connectivity index (χ4n) is 3.19. The highest BCUT2D eigenvalue weighted by molar-refractivity contribution is 6.32. The molecule has 10 heteroatoms. The molecule has 0 fully saturated rings. The van der Waals surface area contributed by atoms with Crippen LogP contribution in [-0.4, -0.2) is 41.0 Å². The molecule has 3 rings (SSSR count). The van der Waals surface area contributed by atoms with Crippen molar-refractivity contribution < 1.29 is 27.8 Å². The van der Waals surface area contributed by atoms with Crippen LogP contribution in [0.4, 0.5) is 19.0 Å². The first-order valence-electron chi connectivity index (χ1n) is 10.2. The van der Waals surface area contributed by atoms with Gasteiger partial charge in [0.05, 0.1) is 22.7 Å². The van der Waals surface area contributed by atoms with Crippen molar-refractivity contribution in [1.82, 2.24) is 9.97 Å². The monoisotopic (exact) mass is 483 g/mol. The number of ether oxygens (including phenoxy) is 2. The standard InChI is InChI=1S/C23H25ClF3N3O3/c1-13-29-18-11-17(24)19(33-9-8-32-4)10-15(18)21(30-13)28-12-14-6-5-7-16(20(14)25)23(26,27)22(2,3)31/h5-7,10-11,31H,8-9,12H2,1-4H3,(H,28,29,30). The third-order valence-corrected chi connectivity index (χ3v) is 5.33. The molecule has 0 spiro atoms. The van der Waals surface area contributed by atoms with Crippen molar-refractivity contribution in [2.24, 2.45) is 0 Å². The zero-order valence-electron chi connectivity index (χ0n) is 18.7. The molecule has 0 amide bonds. The Balaban J connectivity index is 1.94. The summed E-state index contributed by atoms with van der Waals surface area (Å²) in [4.78, 5) is 8.73. The van der Waals surface area contributed by atoms with Crippen molar-refractivity contribution in [3.8, 4) is 5.75 Å². The number of hydrogen-bond acceptors (Lipinski definition) is 6. The number of aromatic nitrogens is 2. The number of aryl methyl sites for hydroxylation is 1. The van der Waals surface area contributed by atoms with Gasteiger partial charge in [0, 0.05) is 24.6 Å². The van der Waals surface area contributed by atoms with Gasteiger partial charge in [0.25, 0.3) is 0 Å². The predicted molar refractivity (Wildman–Crippen MR) is 121 cm³/mol. The lowest BCUT2D eigenvalue weighted by Crippen LogP contribution is -2.41. The highest BCUT2D eigenvalue weighted by Gasteiger charge is 2.48. The minimum absolute atomic E-state index is 0.00799. The second kappa shape index (κ2) is 9.70. The quantitative estimate of drug-likeness (QED) is 0.406. The lowest BCUT2D eigenvalue weighted by atomic mass is 9.92. The number of benzene rings is 2. The van der Waals surface area contributed by atoms with Gasteiger partial charge in [-0.1, -0.05) is 23.7 Å². The zero-order chi connectivity index (χ0) is 24.4. The number of rotatable bonds is 9. The van der Waals surface area contributed by atoms with E-state index in [2.05, 4.69) is 15.3 Å². The van der Waals surface area contributed by atoms with Gasteiger partial charge in [0.15, 0.2) is 0 Å². The molecule has 2 aromatic carbocycles. The van der Waals surface area contributed by atoms with Crippen LogP contribution in [-0.2, 0) is 17.2 Å². The normalized spacial score (nSPS) is 12.3. The molecule has 0 aliphatic carbocycles. The van der Waals surface area contributed by atoms with Gasteiger partial charge in [-0.3, -0.25) is 0 Å². The Morgan fingerprint density at radius 2 is 1.88 bits per heavy atom. The van der Waals surface area contributed by atoms with Gasteiger partial charge in [-0.25, -0.2) is 14.4 Å². The van der Waals surface area contributed by atoms with E-state index in [0.717, 1.165) is 19.9 Å².